The zero-order valence-corrected chi connectivity index (χ0v) is 11.4. The van der Waals surface area contributed by atoms with Crippen molar-refractivity contribution in [3.05, 3.63) is 47.5 Å². The number of carboxylic acids is 1. The molecule has 1 aromatic carbocycles. The van der Waals surface area contributed by atoms with Crippen LogP contribution in [0.3, 0.4) is 0 Å². The maximum absolute atomic E-state index is 13.1. The van der Waals surface area contributed by atoms with Crippen molar-refractivity contribution in [2.45, 2.75) is 20.1 Å². The molecule has 2 aromatic rings. The van der Waals surface area contributed by atoms with Gasteiger partial charge in [-0.05, 0) is 32.0 Å². The molecule has 110 valence electrons. The van der Waals surface area contributed by atoms with Crippen LogP contribution in [-0.4, -0.2) is 27.3 Å². The van der Waals surface area contributed by atoms with Gasteiger partial charge in [0.1, 0.15) is 11.6 Å². The third-order valence-electron chi connectivity index (χ3n) is 2.42. The van der Waals surface area contributed by atoms with Crippen molar-refractivity contribution in [1.82, 2.24) is 9.97 Å². The van der Waals surface area contributed by atoms with Crippen molar-refractivity contribution in [3.63, 3.8) is 0 Å². The SMILES string of the molecule is Cc1cc(C)nc(OC(Oc2cccc(F)c2)C(=O)O)n1. The van der Waals surface area contributed by atoms with Crippen LogP contribution in [0.2, 0.25) is 0 Å². The van der Waals surface area contributed by atoms with Gasteiger partial charge in [-0.2, -0.15) is 0 Å². The van der Waals surface area contributed by atoms with Gasteiger partial charge in [0.25, 0.3) is 0 Å². The number of carbonyl (C=O) groups is 1. The van der Waals surface area contributed by atoms with Gasteiger partial charge in [-0.15, -0.1) is 0 Å². The highest BCUT2D eigenvalue weighted by Gasteiger charge is 2.23. The van der Waals surface area contributed by atoms with Crippen LogP contribution in [0.15, 0.2) is 30.3 Å². The van der Waals surface area contributed by atoms with E-state index in [-0.39, 0.29) is 11.8 Å². The largest absolute Gasteiger partial charge is 0.476 e. The highest BCUT2D eigenvalue weighted by atomic mass is 19.1. The minimum atomic E-state index is -1.67. The lowest BCUT2D eigenvalue weighted by atomic mass is 10.3. The van der Waals surface area contributed by atoms with Crippen LogP contribution in [-0.2, 0) is 4.79 Å². The summed E-state index contributed by atoms with van der Waals surface area (Å²) in [6.07, 6.45) is -1.67. The number of benzene rings is 1. The lowest BCUT2D eigenvalue weighted by Crippen LogP contribution is -2.33. The Morgan fingerprint density at radius 3 is 2.43 bits per heavy atom. The van der Waals surface area contributed by atoms with Crippen LogP contribution in [0.5, 0.6) is 11.8 Å². The van der Waals surface area contributed by atoms with E-state index in [9.17, 15) is 9.18 Å². The molecule has 0 amide bonds. The van der Waals surface area contributed by atoms with E-state index >= 15 is 0 Å². The third kappa shape index (κ3) is 4.13. The van der Waals surface area contributed by atoms with Crippen LogP contribution in [0, 0.1) is 19.7 Å². The number of hydrogen-bond acceptors (Lipinski definition) is 5. The van der Waals surface area contributed by atoms with Crippen molar-refractivity contribution in [2.24, 2.45) is 0 Å². The molecule has 0 fully saturated rings. The molecule has 0 bridgehead atoms. The lowest BCUT2D eigenvalue weighted by molar-refractivity contribution is -0.159. The molecule has 1 N–H and O–H groups in total. The number of aliphatic carboxylic acids is 1. The van der Waals surface area contributed by atoms with E-state index in [0.29, 0.717) is 11.4 Å². The van der Waals surface area contributed by atoms with Crippen LogP contribution < -0.4 is 9.47 Å². The van der Waals surface area contributed by atoms with Crippen molar-refractivity contribution in [2.75, 3.05) is 0 Å². The van der Waals surface area contributed by atoms with E-state index in [1.807, 2.05) is 0 Å². The topological polar surface area (TPSA) is 81.5 Å². The number of aryl methyl sites for hydroxylation is 2. The first-order valence-corrected chi connectivity index (χ1v) is 6.08. The van der Waals surface area contributed by atoms with Crippen LogP contribution in [0.4, 0.5) is 4.39 Å². The number of nitrogens with zero attached hydrogens (tertiary/aromatic N) is 2. The molecular weight excluding hydrogens is 279 g/mol. The van der Waals surface area contributed by atoms with Gasteiger partial charge in [-0.3, -0.25) is 0 Å². The molecule has 0 radical (unpaired) electrons. The van der Waals surface area contributed by atoms with Gasteiger partial charge in [0.2, 0.25) is 0 Å². The van der Waals surface area contributed by atoms with Gasteiger partial charge in [0.05, 0.1) is 0 Å². The normalized spacial score (nSPS) is 11.8. The molecular formula is C14H13FN2O4. The number of rotatable bonds is 5. The molecule has 0 saturated heterocycles. The Balaban J connectivity index is 2.17. The summed E-state index contributed by atoms with van der Waals surface area (Å²) in [5.41, 5.74) is 1.26. The van der Waals surface area contributed by atoms with E-state index < -0.39 is 18.1 Å². The maximum atomic E-state index is 13.1. The van der Waals surface area contributed by atoms with E-state index in [1.54, 1.807) is 19.9 Å². The smallest absolute Gasteiger partial charge is 0.387 e. The van der Waals surface area contributed by atoms with Gasteiger partial charge in [0, 0.05) is 17.5 Å². The van der Waals surface area contributed by atoms with Gasteiger partial charge in [0.15, 0.2) is 0 Å². The van der Waals surface area contributed by atoms with Crippen molar-refractivity contribution < 1.29 is 23.8 Å². The first kappa shape index (κ1) is 14.7. The molecule has 0 aliphatic heterocycles. The summed E-state index contributed by atoms with van der Waals surface area (Å²) < 4.78 is 23.3. The molecule has 0 aliphatic rings. The second-order valence-electron chi connectivity index (χ2n) is 4.30. The summed E-state index contributed by atoms with van der Waals surface area (Å²) in [5, 5.41) is 9.10. The molecule has 1 unspecified atom stereocenters. The zero-order chi connectivity index (χ0) is 15.4. The maximum Gasteiger partial charge on any atom is 0.387 e. The quantitative estimate of drug-likeness (QED) is 0.850. The molecule has 0 spiro atoms. The molecule has 0 saturated carbocycles. The molecule has 1 heterocycles. The fourth-order valence-electron chi connectivity index (χ4n) is 1.63. The Hall–Kier alpha value is -2.70. The third-order valence-corrected chi connectivity index (χ3v) is 2.42. The molecule has 1 aromatic heterocycles. The lowest BCUT2D eigenvalue weighted by Gasteiger charge is -2.15. The van der Waals surface area contributed by atoms with Gasteiger partial charge < -0.3 is 14.6 Å². The van der Waals surface area contributed by atoms with Crippen LogP contribution in [0.25, 0.3) is 0 Å². The fraction of sp³-hybridized carbons (Fsp3) is 0.214. The Bertz CT molecular complexity index is 643. The van der Waals surface area contributed by atoms with Crippen molar-refractivity contribution in [1.29, 1.82) is 0 Å². The molecule has 2 rings (SSSR count). The molecule has 0 aliphatic carbocycles. The minimum Gasteiger partial charge on any atom is -0.476 e. The molecule has 1 atom stereocenters. The first-order chi connectivity index (χ1) is 9.94. The first-order valence-electron chi connectivity index (χ1n) is 6.08. The second-order valence-corrected chi connectivity index (χ2v) is 4.30. The van der Waals surface area contributed by atoms with E-state index in [2.05, 4.69) is 9.97 Å². The van der Waals surface area contributed by atoms with Crippen molar-refractivity contribution >= 4 is 5.97 Å². The van der Waals surface area contributed by atoms with Crippen LogP contribution in [0.1, 0.15) is 11.4 Å². The average Bonchev–Trinajstić information content (AvgIpc) is 2.36. The standard InChI is InChI=1S/C14H13FN2O4/c1-8-6-9(2)17-14(16-8)21-13(12(18)19)20-11-5-3-4-10(15)7-11/h3-7,13H,1-2H3,(H,18,19). The molecule has 21 heavy (non-hydrogen) atoms. The Kier molecular flexibility index (Phi) is 4.32. The summed E-state index contributed by atoms with van der Waals surface area (Å²) in [7, 11) is 0. The Morgan fingerprint density at radius 2 is 1.86 bits per heavy atom. The zero-order valence-electron chi connectivity index (χ0n) is 11.4. The summed E-state index contributed by atoms with van der Waals surface area (Å²) in [4.78, 5) is 19.1. The summed E-state index contributed by atoms with van der Waals surface area (Å²) in [6.45, 7) is 3.45. The molecule has 6 nitrogen and oxygen atoms in total. The van der Waals surface area contributed by atoms with Gasteiger partial charge in [-0.1, -0.05) is 6.07 Å². The number of aromatic nitrogens is 2. The summed E-state index contributed by atoms with van der Waals surface area (Å²) in [6, 6.07) is 6.70. The van der Waals surface area contributed by atoms with Gasteiger partial charge in [-0.25, -0.2) is 19.2 Å². The fourth-order valence-corrected chi connectivity index (χ4v) is 1.63. The average molecular weight is 292 g/mol. The number of hydrogen-bond donors (Lipinski definition) is 1. The predicted octanol–water partition coefficient (Wildman–Crippen LogP) is 2.10. The van der Waals surface area contributed by atoms with E-state index in [4.69, 9.17) is 14.6 Å². The number of halogens is 1. The van der Waals surface area contributed by atoms with E-state index in [1.165, 1.54) is 18.2 Å². The predicted molar refractivity (Wildman–Crippen MR) is 70.6 cm³/mol. The van der Waals surface area contributed by atoms with Crippen molar-refractivity contribution in [3.8, 4) is 11.8 Å². The van der Waals surface area contributed by atoms with E-state index in [0.717, 1.165) is 6.07 Å². The highest BCUT2D eigenvalue weighted by molar-refractivity contribution is 5.71. The Labute approximate surface area is 120 Å². The summed E-state index contributed by atoms with van der Waals surface area (Å²) >= 11 is 0. The van der Waals surface area contributed by atoms with Crippen LogP contribution >= 0.6 is 0 Å². The Morgan fingerprint density at radius 1 is 1.19 bits per heavy atom. The number of ether oxygens (including phenoxy) is 2. The van der Waals surface area contributed by atoms with Gasteiger partial charge >= 0.3 is 18.3 Å². The minimum absolute atomic E-state index is 0.0341. The summed E-state index contributed by atoms with van der Waals surface area (Å²) in [5.74, 6) is -1.88. The monoisotopic (exact) mass is 292 g/mol. The molecule has 7 heteroatoms. The second kappa shape index (κ2) is 6.17. The number of carboxylic acid groups (broad SMARTS) is 1. The highest BCUT2D eigenvalue weighted by Crippen LogP contribution is 2.16.